The third-order valence-corrected chi connectivity index (χ3v) is 3.22. The van der Waals surface area contributed by atoms with E-state index in [1.165, 1.54) is 0 Å². The van der Waals surface area contributed by atoms with Crippen LogP contribution < -0.4 is 0 Å². The molecule has 0 aliphatic heterocycles. The van der Waals surface area contributed by atoms with Crippen molar-refractivity contribution < 1.29 is 19.1 Å². The molecule has 1 aromatic rings. The van der Waals surface area contributed by atoms with E-state index in [0.717, 1.165) is 5.56 Å². The summed E-state index contributed by atoms with van der Waals surface area (Å²) in [5.74, 6) is -0.792. The second-order valence-corrected chi connectivity index (χ2v) is 5.13. The van der Waals surface area contributed by atoms with E-state index in [1.807, 2.05) is 37.3 Å². The Bertz CT molecular complexity index is 451. The molecule has 20 heavy (non-hydrogen) atoms. The molecule has 1 aromatic carbocycles. The van der Waals surface area contributed by atoms with Gasteiger partial charge in [-0.2, -0.15) is 0 Å². The van der Waals surface area contributed by atoms with Crippen LogP contribution in [-0.4, -0.2) is 25.0 Å². The first-order valence-corrected chi connectivity index (χ1v) is 6.76. The highest BCUT2D eigenvalue weighted by molar-refractivity contribution is 6.03. The van der Waals surface area contributed by atoms with E-state index in [9.17, 15) is 9.59 Å². The number of rotatable bonds is 7. The van der Waals surface area contributed by atoms with Gasteiger partial charge in [0.15, 0.2) is 5.78 Å². The number of carbonyl (C=O) groups is 2. The van der Waals surface area contributed by atoms with E-state index in [2.05, 4.69) is 0 Å². The van der Waals surface area contributed by atoms with Gasteiger partial charge in [-0.15, -0.1) is 0 Å². The van der Waals surface area contributed by atoms with Crippen molar-refractivity contribution in [3.63, 3.8) is 0 Å². The molecule has 0 amide bonds. The van der Waals surface area contributed by atoms with Gasteiger partial charge in [0, 0.05) is 0 Å². The van der Waals surface area contributed by atoms with Crippen LogP contribution in [0.2, 0.25) is 0 Å². The molecule has 0 bridgehead atoms. The first-order chi connectivity index (χ1) is 9.39. The molecule has 0 radical (unpaired) electrons. The predicted octanol–water partition coefficient (Wildman–Crippen LogP) is 2.92. The third-order valence-electron chi connectivity index (χ3n) is 3.22. The van der Waals surface area contributed by atoms with Crippen molar-refractivity contribution in [3.05, 3.63) is 35.9 Å². The predicted molar refractivity (Wildman–Crippen MR) is 76.2 cm³/mol. The molecule has 0 fully saturated rings. The van der Waals surface area contributed by atoms with Crippen molar-refractivity contribution in [2.45, 2.75) is 33.8 Å². The van der Waals surface area contributed by atoms with Crippen LogP contribution in [0.4, 0.5) is 0 Å². The largest absolute Gasteiger partial charge is 0.465 e. The molecule has 1 atom stereocenters. The molecule has 0 spiro atoms. The fourth-order valence-corrected chi connectivity index (χ4v) is 1.63. The van der Waals surface area contributed by atoms with Gasteiger partial charge in [-0.1, -0.05) is 30.3 Å². The summed E-state index contributed by atoms with van der Waals surface area (Å²) in [6.07, 6.45) is -0.196. The van der Waals surface area contributed by atoms with Crippen LogP contribution in [-0.2, 0) is 19.1 Å². The fraction of sp³-hybridized carbons (Fsp3) is 0.500. The fourth-order valence-electron chi connectivity index (χ4n) is 1.63. The molecule has 0 aromatic heterocycles. The first kappa shape index (κ1) is 16.4. The summed E-state index contributed by atoms with van der Waals surface area (Å²) in [6, 6.07) is 9.63. The van der Waals surface area contributed by atoms with E-state index in [4.69, 9.17) is 9.47 Å². The van der Waals surface area contributed by atoms with Gasteiger partial charge in [-0.05, 0) is 33.3 Å². The monoisotopic (exact) mass is 278 g/mol. The highest BCUT2D eigenvalue weighted by Gasteiger charge is 2.37. The summed E-state index contributed by atoms with van der Waals surface area (Å²) >= 11 is 0. The molecule has 0 aliphatic rings. The zero-order chi connectivity index (χ0) is 15.2. The minimum Gasteiger partial charge on any atom is -0.465 e. The van der Waals surface area contributed by atoms with E-state index in [-0.39, 0.29) is 25.1 Å². The lowest BCUT2D eigenvalue weighted by Gasteiger charge is -2.22. The Morgan fingerprint density at radius 2 is 1.80 bits per heavy atom. The SMILES string of the molecule is CCOC(=O)C(C)(C)C(=O)COC(C)c1ccccc1. The van der Waals surface area contributed by atoms with Crippen molar-refractivity contribution in [3.8, 4) is 0 Å². The lowest BCUT2D eigenvalue weighted by Crippen LogP contribution is -2.37. The quantitative estimate of drug-likeness (QED) is 0.568. The minimum atomic E-state index is -1.17. The maximum absolute atomic E-state index is 12.1. The number of ketones is 1. The maximum Gasteiger partial charge on any atom is 0.319 e. The Morgan fingerprint density at radius 1 is 1.20 bits per heavy atom. The summed E-state index contributed by atoms with van der Waals surface area (Å²) in [5, 5.41) is 0. The number of esters is 1. The molecule has 110 valence electrons. The number of hydrogen-bond donors (Lipinski definition) is 0. The van der Waals surface area contributed by atoms with Crippen molar-refractivity contribution in [1.29, 1.82) is 0 Å². The van der Waals surface area contributed by atoms with Gasteiger partial charge in [0.05, 0.1) is 12.7 Å². The van der Waals surface area contributed by atoms with Gasteiger partial charge >= 0.3 is 5.97 Å². The second-order valence-electron chi connectivity index (χ2n) is 5.13. The molecule has 4 nitrogen and oxygen atoms in total. The van der Waals surface area contributed by atoms with E-state index >= 15 is 0 Å². The highest BCUT2D eigenvalue weighted by atomic mass is 16.5. The number of carbonyl (C=O) groups excluding carboxylic acids is 2. The summed E-state index contributed by atoms with van der Waals surface area (Å²) in [4.78, 5) is 23.8. The molecule has 1 rings (SSSR count). The van der Waals surface area contributed by atoms with Gasteiger partial charge in [0.25, 0.3) is 0 Å². The smallest absolute Gasteiger partial charge is 0.319 e. The number of benzene rings is 1. The van der Waals surface area contributed by atoms with Gasteiger partial charge in [0.2, 0.25) is 0 Å². The number of hydrogen-bond acceptors (Lipinski definition) is 4. The van der Waals surface area contributed by atoms with Gasteiger partial charge in [-0.25, -0.2) is 0 Å². The molecule has 1 unspecified atom stereocenters. The molecule has 0 aliphatic carbocycles. The second kappa shape index (κ2) is 7.20. The molecule has 0 saturated heterocycles. The zero-order valence-corrected chi connectivity index (χ0v) is 12.5. The Balaban J connectivity index is 2.57. The minimum absolute atomic E-state index is 0.109. The molecule has 0 heterocycles. The topological polar surface area (TPSA) is 52.6 Å². The molecule has 4 heteroatoms. The van der Waals surface area contributed by atoms with E-state index < -0.39 is 11.4 Å². The number of ether oxygens (including phenoxy) is 2. The standard InChI is InChI=1S/C16H22O4/c1-5-19-15(18)16(3,4)14(17)11-20-12(2)13-9-7-6-8-10-13/h6-10,12H,5,11H2,1-4H3. The van der Waals surface area contributed by atoms with Crippen molar-refractivity contribution >= 4 is 11.8 Å². The van der Waals surface area contributed by atoms with E-state index in [0.29, 0.717) is 0 Å². The Kier molecular flexibility index (Phi) is 5.89. The highest BCUT2D eigenvalue weighted by Crippen LogP contribution is 2.22. The maximum atomic E-state index is 12.1. The van der Waals surface area contributed by atoms with Gasteiger partial charge in [-0.3, -0.25) is 9.59 Å². The van der Waals surface area contributed by atoms with Gasteiger partial charge in [0.1, 0.15) is 12.0 Å². The molecule has 0 N–H and O–H groups in total. The summed E-state index contributed by atoms with van der Waals surface area (Å²) in [6.45, 7) is 6.86. The normalized spacial score (nSPS) is 12.8. The van der Waals surface area contributed by atoms with Crippen LogP contribution in [0.15, 0.2) is 30.3 Å². The lowest BCUT2D eigenvalue weighted by molar-refractivity contribution is -0.159. The third kappa shape index (κ3) is 4.17. The summed E-state index contributed by atoms with van der Waals surface area (Å²) in [5.41, 5.74) is -0.180. The number of Topliss-reactive ketones (excluding diaryl/α,β-unsaturated/α-hetero) is 1. The van der Waals surface area contributed by atoms with Crippen molar-refractivity contribution in [2.75, 3.05) is 13.2 Å². The Morgan fingerprint density at radius 3 is 2.35 bits per heavy atom. The Labute approximate surface area is 120 Å². The van der Waals surface area contributed by atoms with E-state index in [1.54, 1.807) is 20.8 Å². The Hall–Kier alpha value is -1.68. The molecular formula is C16H22O4. The van der Waals surface area contributed by atoms with Crippen LogP contribution in [0, 0.1) is 5.41 Å². The van der Waals surface area contributed by atoms with Crippen LogP contribution >= 0.6 is 0 Å². The first-order valence-electron chi connectivity index (χ1n) is 6.76. The average Bonchev–Trinajstić information content (AvgIpc) is 2.45. The molecule has 0 saturated carbocycles. The van der Waals surface area contributed by atoms with Crippen LogP contribution in [0.1, 0.15) is 39.4 Å². The van der Waals surface area contributed by atoms with Crippen LogP contribution in [0.3, 0.4) is 0 Å². The van der Waals surface area contributed by atoms with Crippen LogP contribution in [0.5, 0.6) is 0 Å². The molecular weight excluding hydrogens is 256 g/mol. The lowest BCUT2D eigenvalue weighted by atomic mass is 9.88. The zero-order valence-electron chi connectivity index (χ0n) is 12.5. The van der Waals surface area contributed by atoms with Crippen molar-refractivity contribution in [1.82, 2.24) is 0 Å². The summed E-state index contributed by atoms with van der Waals surface area (Å²) in [7, 11) is 0. The van der Waals surface area contributed by atoms with Crippen LogP contribution in [0.25, 0.3) is 0 Å². The summed E-state index contributed by atoms with van der Waals surface area (Å²) < 4.78 is 10.5. The van der Waals surface area contributed by atoms with Crippen molar-refractivity contribution in [2.24, 2.45) is 5.41 Å². The average molecular weight is 278 g/mol. The van der Waals surface area contributed by atoms with Gasteiger partial charge < -0.3 is 9.47 Å².